The smallest absolute Gasteiger partial charge is 0.262 e. The number of aromatic nitrogens is 6. The molecular formula is C19H22N6O2S. The molecule has 0 spiro atoms. The van der Waals surface area contributed by atoms with Crippen LogP contribution in [0.3, 0.4) is 0 Å². The number of benzene rings is 1. The van der Waals surface area contributed by atoms with Crippen LogP contribution in [0.4, 0.5) is 0 Å². The summed E-state index contributed by atoms with van der Waals surface area (Å²) >= 11 is 1.48. The number of nitrogens with zero attached hydrogens (tertiary/aromatic N) is 6. The summed E-state index contributed by atoms with van der Waals surface area (Å²) in [6, 6.07) is 7.57. The lowest BCUT2D eigenvalue weighted by molar-refractivity contribution is 0.470. The lowest BCUT2D eigenvalue weighted by Gasteiger charge is -2.12. The maximum atomic E-state index is 13.1. The Morgan fingerprint density at radius 1 is 1.11 bits per heavy atom. The molecule has 0 saturated carbocycles. The Hall–Kier alpha value is -2.68. The van der Waals surface area contributed by atoms with Gasteiger partial charge >= 0.3 is 0 Å². The van der Waals surface area contributed by atoms with Gasteiger partial charge in [0.2, 0.25) is 17.6 Å². The van der Waals surface area contributed by atoms with Gasteiger partial charge in [0, 0.05) is 13.5 Å². The second-order valence-corrected chi connectivity index (χ2v) is 8.50. The molecule has 146 valence electrons. The maximum absolute atomic E-state index is 13.1. The molecule has 0 saturated heterocycles. The van der Waals surface area contributed by atoms with E-state index in [1.807, 2.05) is 35.6 Å². The summed E-state index contributed by atoms with van der Waals surface area (Å²) in [6.07, 6.45) is 0.890. The molecule has 0 bridgehead atoms. The molecule has 0 fully saturated rings. The highest BCUT2D eigenvalue weighted by Gasteiger charge is 2.21. The van der Waals surface area contributed by atoms with Crippen molar-refractivity contribution in [2.45, 2.75) is 51.1 Å². The van der Waals surface area contributed by atoms with Crippen LogP contribution in [-0.4, -0.2) is 29.4 Å². The average molecular weight is 398 g/mol. The summed E-state index contributed by atoms with van der Waals surface area (Å²) in [4.78, 5) is 13.1. The van der Waals surface area contributed by atoms with Crippen molar-refractivity contribution in [3.63, 3.8) is 0 Å². The zero-order chi connectivity index (χ0) is 19.8. The first-order valence-corrected chi connectivity index (χ1v) is 10.2. The van der Waals surface area contributed by atoms with Crippen LogP contribution >= 0.6 is 11.8 Å². The molecule has 8 nitrogen and oxygen atoms in total. The van der Waals surface area contributed by atoms with E-state index in [1.54, 1.807) is 11.5 Å². The number of hydrogen-bond donors (Lipinski definition) is 0. The van der Waals surface area contributed by atoms with Gasteiger partial charge in [-0.2, -0.15) is 0 Å². The Morgan fingerprint density at radius 2 is 1.89 bits per heavy atom. The highest BCUT2D eigenvalue weighted by atomic mass is 32.2. The summed E-state index contributed by atoms with van der Waals surface area (Å²) in [5.74, 6) is 2.11. The van der Waals surface area contributed by atoms with E-state index < -0.39 is 0 Å². The van der Waals surface area contributed by atoms with E-state index in [9.17, 15) is 4.79 Å². The Morgan fingerprint density at radius 3 is 2.61 bits per heavy atom. The van der Waals surface area contributed by atoms with Gasteiger partial charge < -0.3 is 4.42 Å². The van der Waals surface area contributed by atoms with Gasteiger partial charge in [-0.05, 0) is 31.4 Å². The van der Waals surface area contributed by atoms with Crippen LogP contribution < -0.4 is 5.56 Å². The fraction of sp³-hybridized carbons (Fsp3) is 0.421. The molecule has 0 aliphatic carbocycles. The van der Waals surface area contributed by atoms with E-state index in [1.165, 1.54) is 11.8 Å². The summed E-state index contributed by atoms with van der Waals surface area (Å²) in [5, 5.41) is 18.0. The Labute approximate surface area is 166 Å². The maximum Gasteiger partial charge on any atom is 0.262 e. The number of rotatable bonds is 6. The number of hydrogen-bond acceptors (Lipinski definition) is 7. The van der Waals surface area contributed by atoms with Crippen LogP contribution in [0.5, 0.6) is 0 Å². The van der Waals surface area contributed by atoms with E-state index in [4.69, 9.17) is 4.42 Å². The van der Waals surface area contributed by atoms with Gasteiger partial charge in [-0.25, -0.2) is 0 Å². The van der Waals surface area contributed by atoms with E-state index in [0.717, 1.165) is 11.9 Å². The third kappa shape index (κ3) is 3.30. The molecule has 28 heavy (non-hydrogen) atoms. The van der Waals surface area contributed by atoms with Crippen molar-refractivity contribution in [2.24, 2.45) is 5.92 Å². The molecule has 9 heteroatoms. The molecule has 1 aromatic carbocycles. The first-order valence-electron chi connectivity index (χ1n) is 9.29. The highest BCUT2D eigenvalue weighted by molar-refractivity contribution is 7.99. The predicted octanol–water partition coefficient (Wildman–Crippen LogP) is 3.64. The van der Waals surface area contributed by atoms with Gasteiger partial charge in [0.05, 0.1) is 16.2 Å². The number of fused-ring (bicyclic) bond motifs is 3. The molecule has 3 aromatic heterocycles. The van der Waals surface area contributed by atoms with Gasteiger partial charge in [0.15, 0.2) is 5.16 Å². The van der Waals surface area contributed by atoms with E-state index in [2.05, 4.69) is 34.2 Å². The lowest BCUT2D eigenvalue weighted by atomic mass is 10.1. The summed E-state index contributed by atoms with van der Waals surface area (Å²) in [6.45, 7) is 8.63. The zero-order valence-corrected chi connectivity index (χ0v) is 17.1. The van der Waals surface area contributed by atoms with E-state index in [-0.39, 0.29) is 10.8 Å². The first kappa shape index (κ1) is 18.7. The largest absolute Gasteiger partial charge is 0.424 e. The summed E-state index contributed by atoms with van der Waals surface area (Å²) < 4.78 is 9.21. The van der Waals surface area contributed by atoms with Gasteiger partial charge in [-0.3, -0.25) is 13.8 Å². The van der Waals surface area contributed by atoms with Crippen molar-refractivity contribution in [2.75, 3.05) is 0 Å². The van der Waals surface area contributed by atoms with E-state index >= 15 is 0 Å². The molecule has 1 atom stereocenters. The number of thioether (sulfide) groups is 1. The van der Waals surface area contributed by atoms with Crippen LogP contribution in [0, 0.1) is 12.8 Å². The predicted molar refractivity (Wildman–Crippen MR) is 108 cm³/mol. The quantitative estimate of drug-likeness (QED) is 0.458. The Balaban J connectivity index is 1.86. The minimum absolute atomic E-state index is 0.0340. The van der Waals surface area contributed by atoms with Gasteiger partial charge in [0.1, 0.15) is 0 Å². The monoisotopic (exact) mass is 398 g/mol. The van der Waals surface area contributed by atoms with Crippen LogP contribution in [-0.2, 0) is 6.54 Å². The first-order chi connectivity index (χ1) is 13.5. The van der Waals surface area contributed by atoms with Crippen molar-refractivity contribution in [1.82, 2.24) is 29.4 Å². The van der Waals surface area contributed by atoms with Crippen molar-refractivity contribution in [3.8, 4) is 0 Å². The standard InChI is InChI=1S/C19H22N6O2S/c1-11(2)9-10-24-17(26)14-7-5-6-8-15(14)25-18(24)22-23-19(25)28-12(3)16-21-20-13(4)27-16/h5-8,11-12H,9-10H2,1-4H3. The Kier molecular flexibility index (Phi) is 4.92. The van der Waals surface area contributed by atoms with Gasteiger partial charge in [-0.15, -0.1) is 20.4 Å². The second kappa shape index (κ2) is 7.38. The van der Waals surface area contributed by atoms with Gasteiger partial charge in [-0.1, -0.05) is 37.7 Å². The average Bonchev–Trinajstić information content (AvgIpc) is 3.28. The van der Waals surface area contributed by atoms with Crippen LogP contribution in [0.25, 0.3) is 16.7 Å². The molecular weight excluding hydrogens is 376 g/mol. The van der Waals surface area contributed by atoms with Gasteiger partial charge in [0.25, 0.3) is 5.56 Å². The van der Waals surface area contributed by atoms with Crippen molar-refractivity contribution in [3.05, 3.63) is 46.4 Å². The minimum atomic E-state index is -0.0941. The van der Waals surface area contributed by atoms with Crippen molar-refractivity contribution < 1.29 is 4.42 Å². The molecule has 0 radical (unpaired) electrons. The topological polar surface area (TPSA) is 91.1 Å². The fourth-order valence-electron chi connectivity index (χ4n) is 3.08. The van der Waals surface area contributed by atoms with Crippen LogP contribution in [0.1, 0.15) is 44.2 Å². The lowest BCUT2D eigenvalue weighted by Crippen LogP contribution is -2.24. The summed E-state index contributed by atoms with van der Waals surface area (Å²) in [7, 11) is 0. The Bertz CT molecular complexity index is 1190. The molecule has 0 N–H and O–H groups in total. The van der Waals surface area contributed by atoms with Crippen molar-refractivity contribution >= 4 is 28.4 Å². The molecule has 4 rings (SSSR count). The molecule has 3 heterocycles. The SMILES string of the molecule is Cc1nnc(C(C)Sc2nnc3n(CCC(C)C)c(=O)c4ccccc4n23)o1. The molecule has 0 aliphatic rings. The third-order valence-electron chi connectivity index (χ3n) is 4.58. The highest BCUT2D eigenvalue weighted by Crippen LogP contribution is 2.34. The summed E-state index contributed by atoms with van der Waals surface area (Å²) in [5.41, 5.74) is 0.762. The zero-order valence-electron chi connectivity index (χ0n) is 16.3. The van der Waals surface area contributed by atoms with E-state index in [0.29, 0.717) is 40.6 Å². The minimum Gasteiger partial charge on any atom is -0.424 e. The number of para-hydroxylation sites is 1. The molecule has 0 aliphatic heterocycles. The van der Waals surface area contributed by atoms with Crippen LogP contribution in [0.2, 0.25) is 0 Å². The second-order valence-electron chi connectivity index (χ2n) is 7.19. The third-order valence-corrected chi connectivity index (χ3v) is 5.61. The molecule has 4 aromatic rings. The number of aryl methyl sites for hydroxylation is 2. The molecule has 1 unspecified atom stereocenters. The van der Waals surface area contributed by atoms with Crippen molar-refractivity contribution in [1.29, 1.82) is 0 Å². The van der Waals surface area contributed by atoms with Crippen LogP contribution in [0.15, 0.2) is 38.6 Å². The normalized spacial score (nSPS) is 13.0. The fourth-order valence-corrected chi connectivity index (χ4v) is 3.97. The molecule has 0 amide bonds.